The topological polar surface area (TPSA) is 18.0 Å². The maximum absolute atomic E-state index is 5.29. The summed E-state index contributed by atoms with van der Waals surface area (Å²) in [6.45, 7) is 4.20. The Balaban J connectivity index is 2.48. The minimum absolute atomic E-state index is 0.919. The average molecular weight is 251 g/mol. The van der Waals surface area contributed by atoms with Crippen LogP contribution in [-0.2, 0) is 13.1 Å². The highest BCUT2D eigenvalue weighted by Gasteiger charge is 2.14. The molecule has 4 heteroatoms. The van der Waals surface area contributed by atoms with E-state index in [0.717, 1.165) is 24.6 Å². The Morgan fingerprint density at radius 3 is 2.88 bits per heavy atom. The van der Waals surface area contributed by atoms with Crippen LogP contribution in [0.25, 0.3) is 11.0 Å². The summed E-state index contributed by atoms with van der Waals surface area (Å²) >= 11 is 1.87. The highest BCUT2D eigenvalue weighted by Crippen LogP contribution is 2.19. The molecule has 0 aliphatic rings. The smallest absolute Gasteiger partial charge is 0.244 e. The normalized spacial score (nSPS) is 11.0. The van der Waals surface area contributed by atoms with Gasteiger partial charge in [-0.15, -0.1) is 0 Å². The third-order valence-electron chi connectivity index (χ3n) is 2.96. The highest BCUT2D eigenvalue weighted by molar-refractivity contribution is 7.98. The molecule has 1 aromatic heterocycles. The van der Waals surface area contributed by atoms with Crippen molar-refractivity contribution in [3.63, 3.8) is 0 Å². The maximum atomic E-state index is 5.29. The SMILES string of the molecule is CCn1c[n+](CCSC)c2ccc(OC)cc21. The molecule has 92 valence electrons. The Hall–Kier alpha value is -1.16. The van der Waals surface area contributed by atoms with Gasteiger partial charge in [-0.2, -0.15) is 11.8 Å². The van der Waals surface area contributed by atoms with Gasteiger partial charge in [-0.25, -0.2) is 9.13 Å². The van der Waals surface area contributed by atoms with Gasteiger partial charge in [0.2, 0.25) is 6.33 Å². The lowest BCUT2D eigenvalue weighted by Crippen LogP contribution is -2.33. The molecule has 0 radical (unpaired) electrons. The van der Waals surface area contributed by atoms with Crippen LogP contribution in [0.2, 0.25) is 0 Å². The van der Waals surface area contributed by atoms with Crippen molar-refractivity contribution in [3.8, 4) is 5.75 Å². The average Bonchev–Trinajstić information content (AvgIpc) is 2.73. The molecule has 0 atom stereocenters. The van der Waals surface area contributed by atoms with E-state index in [1.165, 1.54) is 11.0 Å². The van der Waals surface area contributed by atoms with E-state index in [0.29, 0.717) is 0 Å². The monoisotopic (exact) mass is 251 g/mol. The maximum Gasteiger partial charge on any atom is 0.244 e. The van der Waals surface area contributed by atoms with Crippen molar-refractivity contribution in [1.29, 1.82) is 0 Å². The quantitative estimate of drug-likeness (QED) is 0.759. The number of hydrogen-bond donors (Lipinski definition) is 0. The summed E-state index contributed by atoms with van der Waals surface area (Å²) in [6, 6.07) is 6.27. The molecule has 0 bridgehead atoms. The first kappa shape index (κ1) is 12.3. The molecular formula is C13H19N2OS+. The summed E-state index contributed by atoms with van der Waals surface area (Å²) < 4.78 is 9.86. The Kier molecular flexibility index (Phi) is 3.94. The zero-order valence-electron chi connectivity index (χ0n) is 10.6. The molecule has 3 nitrogen and oxygen atoms in total. The highest BCUT2D eigenvalue weighted by atomic mass is 32.2. The number of benzene rings is 1. The van der Waals surface area contributed by atoms with Gasteiger partial charge in [0.1, 0.15) is 5.75 Å². The summed E-state index contributed by atoms with van der Waals surface area (Å²) in [5.41, 5.74) is 2.52. The summed E-state index contributed by atoms with van der Waals surface area (Å²) in [5, 5.41) is 0. The van der Waals surface area contributed by atoms with Crippen LogP contribution in [0.4, 0.5) is 0 Å². The molecule has 2 aromatic rings. The minimum Gasteiger partial charge on any atom is -0.497 e. The lowest BCUT2D eigenvalue weighted by atomic mass is 10.3. The van der Waals surface area contributed by atoms with Gasteiger partial charge in [-0.05, 0) is 25.3 Å². The fraction of sp³-hybridized carbons (Fsp3) is 0.462. The van der Waals surface area contributed by atoms with Gasteiger partial charge in [0, 0.05) is 11.8 Å². The van der Waals surface area contributed by atoms with Gasteiger partial charge in [0.15, 0.2) is 11.0 Å². The lowest BCUT2D eigenvalue weighted by Gasteiger charge is -1.98. The molecule has 1 aromatic carbocycles. The molecule has 0 unspecified atom stereocenters. The number of hydrogen-bond acceptors (Lipinski definition) is 2. The molecule has 0 spiro atoms. The molecule has 0 saturated heterocycles. The lowest BCUT2D eigenvalue weighted by molar-refractivity contribution is -0.667. The van der Waals surface area contributed by atoms with Gasteiger partial charge in [0.25, 0.3) is 0 Å². The van der Waals surface area contributed by atoms with E-state index >= 15 is 0 Å². The van der Waals surface area contributed by atoms with Crippen molar-refractivity contribution in [2.45, 2.75) is 20.0 Å². The van der Waals surface area contributed by atoms with Crippen LogP contribution in [0.1, 0.15) is 6.92 Å². The summed E-state index contributed by atoms with van der Waals surface area (Å²) in [4.78, 5) is 0. The molecular weight excluding hydrogens is 232 g/mol. The number of aromatic nitrogens is 2. The predicted molar refractivity (Wildman–Crippen MR) is 72.7 cm³/mol. The predicted octanol–water partition coefficient (Wildman–Crippen LogP) is 2.32. The third kappa shape index (κ3) is 2.41. The van der Waals surface area contributed by atoms with Crippen molar-refractivity contribution < 1.29 is 9.30 Å². The molecule has 2 rings (SSSR count). The van der Waals surface area contributed by atoms with E-state index in [4.69, 9.17) is 4.74 Å². The zero-order valence-corrected chi connectivity index (χ0v) is 11.5. The molecule has 0 amide bonds. The van der Waals surface area contributed by atoms with E-state index in [1.807, 2.05) is 17.8 Å². The van der Waals surface area contributed by atoms with Crippen LogP contribution in [0, 0.1) is 0 Å². The summed E-state index contributed by atoms with van der Waals surface area (Å²) in [6.07, 6.45) is 4.34. The molecule has 0 saturated carbocycles. The zero-order chi connectivity index (χ0) is 12.3. The summed E-state index contributed by atoms with van der Waals surface area (Å²) in [7, 11) is 1.71. The van der Waals surface area contributed by atoms with Crippen LogP contribution in [-0.4, -0.2) is 23.7 Å². The van der Waals surface area contributed by atoms with E-state index < -0.39 is 0 Å². The van der Waals surface area contributed by atoms with Gasteiger partial charge in [-0.1, -0.05) is 0 Å². The fourth-order valence-corrected chi connectivity index (χ4v) is 2.39. The van der Waals surface area contributed by atoms with Crippen molar-refractivity contribution >= 4 is 22.8 Å². The second-order valence-corrected chi connectivity index (χ2v) is 4.93. The molecule has 0 aliphatic heterocycles. The van der Waals surface area contributed by atoms with E-state index in [9.17, 15) is 0 Å². The van der Waals surface area contributed by atoms with Crippen molar-refractivity contribution in [3.05, 3.63) is 24.5 Å². The second-order valence-electron chi connectivity index (χ2n) is 3.94. The van der Waals surface area contributed by atoms with Crippen LogP contribution >= 0.6 is 11.8 Å². The molecule has 0 aliphatic carbocycles. The largest absolute Gasteiger partial charge is 0.497 e. The van der Waals surface area contributed by atoms with Gasteiger partial charge < -0.3 is 4.74 Å². The van der Waals surface area contributed by atoms with E-state index in [-0.39, 0.29) is 0 Å². The molecule has 17 heavy (non-hydrogen) atoms. The van der Waals surface area contributed by atoms with Gasteiger partial charge in [0.05, 0.1) is 20.2 Å². The molecule has 1 heterocycles. The first-order valence-electron chi connectivity index (χ1n) is 5.85. The second kappa shape index (κ2) is 5.45. The number of methoxy groups -OCH3 is 1. The van der Waals surface area contributed by atoms with E-state index in [1.54, 1.807) is 7.11 Å². The number of aryl methyl sites for hydroxylation is 2. The molecule has 0 fully saturated rings. The van der Waals surface area contributed by atoms with Crippen LogP contribution in [0.15, 0.2) is 24.5 Å². The fourth-order valence-electron chi connectivity index (χ4n) is 2.02. The number of ether oxygens (including phenoxy) is 1. The minimum atomic E-state index is 0.919. The van der Waals surface area contributed by atoms with Crippen molar-refractivity contribution in [2.75, 3.05) is 19.1 Å². The van der Waals surface area contributed by atoms with Crippen LogP contribution in [0.3, 0.4) is 0 Å². The first-order chi connectivity index (χ1) is 8.30. The van der Waals surface area contributed by atoms with Crippen LogP contribution in [0.5, 0.6) is 5.75 Å². The van der Waals surface area contributed by atoms with E-state index in [2.05, 4.69) is 40.8 Å². The Labute approximate surface area is 106 Å². The van der Waals surface area contributed by atoms with Gasteiger partial charge in [-0.3, -0.25) is 0 Å². The Morgan fingerprint density at radius 2 is 2.24 bits per heavy atom. The number of imidazole rings is 1. The Morgan fingerprint density at radius 1 is 1.41 bits per heavy atom. The Bertz CT molecular complexity index is 507. The third-order valence-corrected chi connectivity index (χ3v) is 3.55. The number of rotatable bonds is 5. The van der Waals surface area contributed by atoms with Crippen molar-refractivity contribution in [2.24, 2.45) is 0 Å². The summed E-state index contributed by atoms with van der Waals surface area (Å²) in [5.74, 6) is 2.06. The van der Waals surface area contributed by atoms with Gasteiger partial charge >= 0.3 is 0 Å². The molecule has 0 N–H and O–H groups in total. The number of fused-ring (bicyclic) bond motifs is 1. The van der Waals surface area contributed by atoms with Crippen molar-refractivity contribution in [1.82, 2.24) is 4.57 Å². The van der Waals surface area contributed by atoms with Crippen LogP contribution < -0.4 is 9.30 Å². The number of thioether (sulfide) groups is 1. The standard InChI is InChI=1S/C13H19N2OS/c1-4-14-10-15(7-8-17-3)12-6-5-11(16-2)9-13(12)14/h5-6,9-10H,4,7-8H2,1-3H3/q+1. The first-order valence-corrected chi connectivity index (χ1v) is 7.24. The number of nitrogens with zero attached hydrogens (tertiary/aromatic N) is 2.